The van der Waals surface area contributed by atoms with Gasteiger partial charge in [0.05, 0.1) is 16.4 Å². The van der Waals surface area contributed by atoms with Crippen LogP contribution in [0.15, 0.2) is 54.6 Å². The Morgan fingerprint density at radius 1 is 1.05 bits per heavy atom. The minimum atomic E-state index is -0.274. The van der Waals surface area contributed by atoms with E-state index in [2.05, 4.69) is 23.7 Å². The minimum absolute atomic E-state index is 0.198. The van der Waals surface area contributed by atoms with Gasteiger partial charge in [0.15, 0.2) is 5.69 Å². The van der Waals surface area contributed by atoms with Gasteiger partial charge in [0, 0.05) is 23.7 Å². The zero-order valence-electron chi connectivity index (χ0n) is 21.0. The van der Waals surface area contributed by atoms with Crippen molar-refractivity contribution in [2.75, 3.05) is 13.1 Å². The summed E-state index contributed by atoms with van der Waals surface area (Å²) in [6, 6.07) is 11.8. The van der Waals surface area contributed by atoms with Gasteiger partial charge in [-0.1, -0.05) is 53.9 Å². The molecule has 2 unspecified atom stereocenters. The topological polar surface area (TPSA) is 50.2 Å². The van der Waals surface area contributed by atoms with Crippen LogP contribution in [0, 0.1) is 17.7 Å². The van der Waals surface area contributed by atoms with Crippen LogP contribution in [0.3, 0.4) is 0 Å². The van der Waals surface area contributed by atoms with Crippen molar-refractivity contribution in [3.63, 3.8) is 0 Å². The van der Waals surface area contributed by atoms with Crippen molar-refractivity contribution in [3.8, 4) is 5.69 Å². The van der Waals surface area contributed by atoms with Gasteiger partial charge < -0.3 is 0 Å². The van der Waals surface area contributed by atoms with Crippen LogP contribution in [-0.4, -0.2) is 33.8 Å². The van der Waals surface area contributed by atoms with Crippen LogP contribution in [0.25, 0.3) is 17.3 Å². The van der Waals surface area contributed by atoms with E-state index in [-0.39, 0.29) is 11.7 Å². The number of nitrogens with one attached hydrogen (secondary N) is 1. The number of benzene rings is 2. The van der Waals surface area contributed by atoms with Crippen molar-refractivity contribution < 1.29 is 9.18 Å². The number of hydrogen-bond acceptors (Lipinski definition) is 3. The molecule has 2 atom stereocenters. The number of hydrazine groups is 1. The molecule has 2 aliphatic carbocycles. The van der Waals surface area contributed by atoms with Crippen LogP contribution in [-0.2, 0) is 6.42 Å². The van der Waals surface area contributed by atoms with E-state index in [9.17, 15) is 9.18 Å². The Balaban J connectivity index is 1.45. The highest BCUT2D eigenvalue weighted by Gasteiger charge is 2.35. The van der Waals surface area contributed by atoms with Crippen molar-refractivity contribution in [1.29, 1.82) is 0 Å². The van der Waals surface area contributed by atoms with E-state index in [1.807, 2.05) is 11.1 Å². The molecule has 0 saturated carbocycles. The Labute approximate surface area is 231 Å². The first kappa shape index (κ1) is 25.4. The molecule has 38 heavy (non-hydrogen) atoms. The number of nitrogens with zero attached hydrogens (tertiary/aromatic N) is 3. The van der Waals surface area contributed by atoms with Gasteiger partial charge in [-0.05, 0) is 91.5 Å². The lowest BCUT2D eigenvalue weighted by atomic mass is 9.91. The lowest BCUT2D eigenvalue weighted by Crippen LogP contribution is -2.41. The van der Waals surface area contributed by atoms with Crippen molar-refractivity contribution in [2.45, 2.75) is 38.5 Å². The number of fused-ring (bicyclic) bond motifs is 2. The number of hydrogen-bond donors (Lipinski definition) is 1. The molecule has 8 heteroatoms. The zero-order chi connectivity index (χ0) is 26.2. The molecule has 3 aromatic rings. The van der Waals surface area contributed by atoms with Crippen LogP contribution in [0.2, 0.25) is 10.0 Å². The predicted molar refractivity (Wildman–Crippen MR) is 150 cm³/mol. The molecule has 3 aliphatic rings. The molecule has 1 fully saturated rings. The smallest absolute Gasteiger partial charge is 0.283 e. The molecule has 1 N–H and O–H groups in total. The van der Waals surface area contributed by atoms with Crippen LogP contribution < -0.4 is 5.43 Å². The molecule has 2 heterocycles. The summed E-state index contributed by atoms with van der Waals surface area (Å²) in [7, 11) is 0. The van der Waals surface area contributed by atoms with Gasteiger partial charge in [0.1, 0.15) is 5.82 Å². The maximum absolute atomic E-state index is 13.7. The van der Waals surface area contributed by atoms with E-state index in [0.29, 0.717) is 33.3 Å². The Bertz CT molecular complexity index is 1430. The van der Waals surface area contributed by atoms with E-state index in [0.717, 1.165) is 74.0 Å². The second kappa shape index (κ2) is 10.7. The summed E-state index contributed by atoms with van der Waals surface area (Å²) >= 11 is 12.9. The van der Waals surface area contributed by atoms with E-state index < -0.39 is 0 Å². The van der Waals surface area contributed by atoms with Crippen LogP contribution in [0.5, 0.6) is 0 Å². The number of carbonyl (C=O) groups excluding carboxylic acids is 1. The SMILES string of the molecule is O=C(NN1CC2C=CCC2C1)c1nn(-c2ccc(Cl)cc2Cl)c2c1CCCCCC2=Cc1ccc(F)cc1. The number of carbonyl (C=O) groups is 1. The normalized spacial score (nSPS) is 22.2. The number of allylic oxidation sites excluding steroid dienone is 2. The monoisotopic (exact) mass is 550 g/mol. The van der Waals surface area contributed by atoms with E-state index in [1.54, 1.807) is 28.9 Å². The third-order valence-electron chi connectivity index (χ3n) is 7.80. The first-order valence-electron chi connectivity index (χ1n) is 13.2. The van der Waals surface area contributed by atoms with Crippen LogP contribution in [0.4, 0.5) is 4.39 Å². The molecule has 2 aromatic carbocycles. The molecule has 0 spiro atoms. The quantitative estimate of drug-likeness (QED) is 0.351. The fourth-order valence-electron chi connectivity index (χ4n) is 5.92. The highest BCUT2D eigenvalue weighted by Crippen LogP contribution is 2.37. The average molecular weight is 551 g/mol. The average Bonchev–Trinajstić information content (AvgIpc) is 3.56. The van der Waals surface area contributed by atoms with Crippen LogP contribution >= 0.6 is 23.2 Å². The number of aromatic nitrogens is 2. The minimum Gasteiger partial charge on any atom is -0.283 e. The molecule has 196 valence electrons. The molecular weight excluding hydrogens is 522 g/mol. The largest absolute Gasteiger partial charge is 0.286 e. The summed E-state index contributed by atoms with van der Waals surface area (Å²) in [5.41, 5.74) is 7.96. The lowest BCUT2D eigenvalue weighted by Gasteiger charge is -2.18. The Morgan fingerprint density at radius 2 is 1.87 bits per heavy atom. The van der Waals surface area contributed by atoms with Gasteiger partial charge in [-0.3, -0.25) is 10.2 Å². The standard InChI is InChI=1S/C30H29Cl2FN4O/c31-23-11-14-27(26(32)16-23)37-29-20(15-19-9-12-24(33)13-10-19)5-2-1-3-8-25(29)28(34-37)30(38)35-36-17-21-6-4-7-22(21)18-36/h4,6,9-16,21-22H,1-3,5,7-8,17-18H2,(H,35,38). The molecule has 1 aliphatic heterocycles. The first-order valence-corrected chi connectivity index (χ1v) is 14.0. The fourth-order valence-corrected chi connectivity index (χ4v) is 6.41. The first-order chi connectivity index (χ1) is 18.5. The molecule has 0 bridgehead atoms. The number of halogens is 3. The molecule has 0 radical (unpaired) electrons. The van der Waals surface area contributed by atoms with Crippen molar-refractivity contribution in [3.05, 3.63) is 93.0 Å². The maximum atomic E-state index is 13.7. The van der Waals surface area contributed by atoms with E-state index in [4.69, 9.17) is 28.3 Å². The molecule has 1 aromatic heterocycles. The summed E-state index contributed by atoms with van der Waals surface area (Å²) < 4.78 is 15.4. The third kappa shape index (κ3) is 5.05. The fraction of sp³-hybridized carbons (Fsp3) is 0.333. The van der Waals surface area contributed by atoms with Crippen LogP contribution in [0.1, 0.15) is 59.4 Å². The Kier molecular flexibility index (Phi) is 7.12. The van der Waals surface area contributed by atoms with Gasteiger partial charge in [-0.2, -0.15) is 5.10 Å². The summed E-state index contributed by atoms with van der Waals surface area (Å²) in [5.74, 6) is 0.581. The Morgan fingerprint density at radius 3 is 2.66 bits per heavy atom. The zero-order valence-corrected chi connectivity index (χ0v) is 22.5. The lowest BCUT2D eigenvalue weighted by molar-refractivity contribution is 0.0811. The van der Waals surface area contributed by atoms with Crippen molar-refractivity contribution in [1.82, 2.24) is 20.2 Å². The summed E-state index contributed by atoms with van der Waals surface area (Å²) in [4.78, 5) is 13.7. The summed E-state index contributed by atoms with van der Waals surface area (Å²) in [5, 5.41) is 7.91. The summed E-state index contributed by atoms with van der Waals surface area (Å²) in [6.07, 6.45) is 12.2. The highest BCUT2D eigenvalue weighted by atomic mass is 35.5. The second-order valence-corrected chi connectivity index (χ2v) is 11.2. The predicted octanol–water partition coefficient (Wildman–Crippen LogP) is 7.13. The number of rotatable bonds is 4. The molecule has 1 saturated heterocycles. The number of amides is 1. The second-order valence-electron chi connectivity index (χ2n) is 10.4. The van der Waals surface area contributed by atoms with Gasteiger partial charge in [-0.25, -0.2) is 14.1 Å². The van der Waals surface area contributed by atoms with Gasteiger partial charge in [0.2, 0.25) is 0 Å². The Hall–Kier alpha value is -2.93. The van der Waals surface area contributed by atoms with Gasteiger partial charge >= 0.3 is 0 Å². The molecule has 1 amide bonds. The molecule has 5 nitrogen and oxygen atoms in total. The van der Waals surface area contributed by atoms with Gasteiger partial charge in [0.25, 0.3) is 5.91 Å². The van der Waals surface area contributed by atoms with Crippen molar-refractivity contribution in [2.24, 2.45) is 11.8 Å². The molecule has 6 rings (SSSR count). The third-order valence-corrected chi connectivity index (χ3v) is 8.34. The molecular formula is C30H29Cl2FN4O. The highest BCUT2D eigenvalue weighted by molar-refractivity contribution is 6.35. The van der Waals surface area contributed by atoms with E-state index in [1.165, 1.54) is 12.1 Å². The van der Waals surface area contributed by atoms with Crippen molar-refractivity contribution >= 4 is 40.8 Å². The van der Waals surface area contributed by atoms with E-state index >= 15 is 0 Å². The maximum Gasteiger partial charge on any atom is 0.286 e. The summed E-state index contributed by atoms with van der Waals surface area (Å²) in [6.45, 7) is 1.65. The van der Waals surface area contributed by atoms with Gasteiger partial charge in [-0.15, -0.1) is 0 Å².